The van der Waals surface area contributed by atoms with Gasteiger partial charge in [0, 0.05) is 17.0 Å². The van der Waals surface area contributed by atoms with E-state index in [1.54, 1.807) is 0 Å². The predicted octanol–water partition coefficient (Wildman–Crippen LogP) is 5.51. The smallest absolute Gasteiger partial charge is 0.426 e. The summed E-state index contributed by atoms with van der Waals surface area (Å²) in [4.78, 5) is 11.8. The van der Waals surface area contributed by atoms with E-state index in [9.17, 15) is 40.6 Å². The second-order valence-corrected chi connectivity index (χ2v) is 7.43. The number of benzene rings is 1. The Labute approximate surface area is 154 Å². The highest BCUT2D eigenvalue weighted by atomic mass is 35.5. The van der Waals surface area contributed by atoms with Gasteiger partial charge in [0.1, 0.15) is 5.03 Å². The van der Waals surface area contributed by atoms with Crippen molar-refractivity contribution < 1.29 is 40.6 Å². The highest BCUT2D eigenvalue weighted by Crippen LogP contribution is 2.71. The van der Waals surface area contributed by atoms with Gasteiger partial charge in [0.15, 0.2) is 23.3 Å². The Bertz CT molecular complexity index is 816. The molecule has 1 aromatic rings. The lowest BCUT2D eigenvalue weighted by atomic mass is 9.87. The van der Waals surface area contributed by atoms with Gasteiger partial charge in [-0.1, -0.05) is 31.5 Å². The van der Waals surface area contributed by atoms with Crippen LogP contribution >= 0.6 is 11.6 Å². The van der Waals surface area contributed by atoms with Crippen molar-refractivity contribution in [3.05, 3.63) is 45.5 Å². The summed E-state index contributed by atoms with van der Waals surface area (Å²) in [7, 11) is 0. The largest absolute Gasteiger partial charge is 0.481 e. The first-order valence-electron chi connectivity index (χ1n) is 7.60. The molecule has 0 saturated heterocycles. The monoisotopic (exact) mass is 418 g/mol. The summed E-state index contributed by atoms with van der Waals surface area (Å²) >= 11 is 5.16. The fraction of sp³-hybridized carbons (Fsp3) is 0.471. The van der Waals surface area contributed by atoms with Crippen LogP contribution in [0, 0.1) is 46.9 Å². The van der Waals surface area contributed by atoms with E-state index in [0.717, 1.165) is 6.92 Å². The number of carbonyl (C=O) groups is 1. The molecule has 2 atom stereocenters. The molecule has 150 valence electrons. The van der Waals surface area contributed by atoms with Crippen LogP contribution < -0.4 is 0 Å². The zero-order valence-corrected chi connectivity index (χ0v) is 15.0. The van der Waals surface area contributed by atoms with Crippen LogP contribution in [-0.2, 0) is 11.2 Å². The molecule has 1 fully saturated rings. The Morgan fingerprint density at radius 1 is 1.11 bits per heavy atom. The van der Waals surface area contributed by atoms with Crippen molar-refractivity contribution >= 4 is 17.6 Å². The van der Waals surface area contributed by atoms with Crippen LogP contribution in [0.5, 0.6) is 0 Å². The fourth-order valence-electron chi connectivity index (χ4n) is 3.53. The van der Waals surface area contributed by atoms with Gasteiger partial charge in [0.25, 0.3) is 0 Å². The molecule has 10 heteroatoms. The average Bonchev–Trinajstić information content (AvgIpc) is 3.02. The number of halogens is 8. The highest BCUT2D eigenvalue weighted by molar-refractivity contribution is 6.30. The minimum absolute atomic E-state index is 0.451. The van der Waals surface area contributed by atoms with Crippen LogP contribution in [0.2, 0.25) is 0 Å². The molecule has 1 N–H and O–H groups in total. The second kappa shape index (κ2) is 6.39. The number of carboxylic acids is 1. The maximum atomic E-state index is 14.2. The van der Waals surface area contributed by atoms with Crippen molar-refractivity contribution in [2.75, 3.05) is 0 Å². The first-order valence-corrected chi connectivity index (χ1v) is 7.97. The van der Waals surface area contributed by atoms with Gasteiger partial charge in [0.05, 0.1) is 5.41 Å². The van der Waals surface area contributed by atoms with Crippen molar-refractivity contribution in [1.29, 1.82) is 0 Å². The molecule has 1 aliphatic carbocycles. The minimum atomic E-state index is -4.94. The van der Waals surface area contributed by atoms with Crippen LogP contribution in [0.4, 0.5) is 30.7 Å². The molecular formula is C17H14ClF7O2. The van der Waals surface area contributed by atoms with Gasteiger partial charge < -0.3 is 5.11 Å². The van der Waals surface area contributed by atoms with Crippen LogP contribution in [0.1, 0.15) is 25.0 Å². The summed E-state index contributed by atoms with van der Waals surface area (Å²) in [5.74, 6) is -9.98. The van der Waals surface area contributed by atoms with Crippen molar-refractivity contribution in [3.8, 4) is 0 Å². The quantitative estimate of drug-likeness (QED) is 0.517. The standard InChI is InChI=1S/C17H14ClF7O2/c1-6-10(19)12(21)7(13(22)11(6)20)5-16(14(26)27)8(15(16,2)3)4-9(18)17(23,24)25/h4,8H,5H2,1-3H3,(H,26,27)/t8?,16-/m1/s1. The maximum Gasteiger partial charge on any atom is 0.426 e. The van der Waals surface area contributed by atoms with Gasteiger partial charge in [-0.25, -0.2) is 17.6 Å². The molecule has 1 aromatic carbocycles. The van der Waals surface area contributed by atoms with E-state index < -0.39 is 74.7 Å². The molecule has 27 heavy (non-hydrogen) atoms. The molecule has 0 aliphatic heterocycles. The molecule has 1 saturated carbocycles. The van der Waals surface area contributed by atoms with Gasteiger partial charge in [-0.3, -0.25) is 4.79 Å². The molecule has 0 aromatic heterocycles. The number of rotatable bonds is 4. The molecule has 2 nitrogen and oxygen atoms in total. The topological polar surface area (TPSA) is 37.3 Å². The molecule has 1 unspecified atom stereocenters. The van der Waals surface area contributed by atoms with Crippen LogP contribution in [0.15, 0.2) is 11.1 Å². The van der Waals surface area contributed by atoms with E-state index in [2.05, 4.69) is 0 Å². The Morgan fingerprint density at radius 2 is 1.56 bits per heavy atom. The molecule has 0 amide bonds. The van der Waals surface area contributed by atoms with E-state index in [0.29, 0.717) is 6.08 Å². The fourth-order valence-corrected chi connectivity index (χ4v) is 3.66. The molecule has 0 heterocycles. The Hall–Kier alpha value is -1.77. The molecule has 1 aliphatic rings. The SMILES string of the molecule is Cc1c(F)c(F)c(C[C@]2(C(=O)O)C(C=C(Cl)C(F)(F)F)C2(C)C)c(F)c1F. The van der Waals surface area contributed by atoms with Gasteiger partial charge >= 0.3 is 12.1 Å². The van der Waals surface area contributed by atoms with Gasteiger partial charge in [-0.2, -0.15) is 13.2 Å². The minimum Gasteiger partial charge on any atom is -0.481 e. The molecule has 0 radical (unpaired) electrons. The first kappa shape index (κ1) is 21.5. The lowest BCUT2D eigenvalue weighted by molar-refractivity contribution is -0.145. The van der Waals surface area contributed by atoms with Crippen LogP contribution in [0.25, 0.3) is 0 Å². The normalized spacial score (nSPS) is 24.9. The number of hydrogen-bond donors (Lipinski definition) is 1. The maximum absolute atomic E-state index is 14.2. The summed E-state index contributed by atoms with van der Waals surface area (Å²) in [5, 5.41) is 7.98. The third kappa shape index (κ3) is 3.09. The van der Waals surface area contributed by atoms with E-state index >= 15 is 0 Å². The molecule has 2 rings (SSSR count). The predicted molar refractivity (Wildman–Crippen MR) is 82.0 cm³/mol. The number of carboxylic acid groups (broad SMARTS) is 1. The zero-order chi connectivity index (χ0) is 21.1. The third-order valence-corrected chi connectivity index (χ3v) is 5.71. The van der Waals surface area contributed by atoms with Crippen molar-refractivity contribution in [2.45, 2.75) is 33.4 Å². The summed E-state index contributed by atoms with van der Waals surface area (Å²) in [6.07, 6.45) is -5.54. The van der Waals surface area contributed by atoms with Crippen LogP contribution in [-0.4, -0.2) is 17.3 Å². The first-order chi connectivity index (χ1) is 12.1. The van der Waals surface area contributed by atoms with Gasteiger partial charge in [0.2, 0.25) is 0 Å². The van der Waals surface area contributed by atoms with E-state index in [1.165, 1.54) is 13.8 Å². The summed E-state index contributed by atoms with van der Waals surface area (Å²) in [5.41, 5.74) is -5.65. The molecule has 0 bridgehead atoms. The van der Waals surface area contributed by atoms with Crippen molar-refractivity contribution in [1.82, 2.24) is 0 Å². The third-order valence-electron chi connectivity index (χ3n) is 5.37. The van der Waals surface area contributed by atoms with Crippen molar-refractivity contribution in [3.63, 3.8) is 0 Å². The summed E-state index contributed by atoms with van der Waals surface area (Å²) in [6, 6.07) is 0. The number of allylic oxidation sites excluding steroid dienone is 2. The Kier molecular flexibility index (Phi) is 5.10. The Morgan fingerprint density at radius 3 is 1.93 bits per heavy atom. The summed E-state index contributed by atoms with van der Waals surface area (Å²) < 4.78 is 93.9. The molecule has 0 spiro atoms. The van der Waals surface area contributed by atoms with E-state index in [-0.39, 0.29) is 0 Å². The van der Waals surface area contributed by atoms with E-state index in [4.69, 9.17) is 11.6 Å². The highest BCUT2D eigenvalue weighted by Gasteiger charge is 2.75. The number of aliphatic carboxylic acids is 1. The lowest BCUT2D eigenvalue weighted by Crippen LogP contribution is -2.26. The summed E-state index contributed by atoms with van der Waals surface area (Å²) in [6.45, 7) is 3.32. The molecular weight excluding hydrogens is 405 g/mol. The Balaban J connectivity index is 2.60. The average molecular weight is 419 g/mol. The second-order valence-electron chi connectivity index (χ2n) is 7.02. The van der Waals surface area contributed by atoms with E-state index in [1.807, 2.05) is 0 Å². The zero-order valence-electron chi connectivity index (χ0n) is 14.2. The lowest BCUT2D eigenvalue weighted by Gasteiger charge is -2.18. The number of hydrogen-bond acceptors (Lipinski definition) is 1. The van der Waals surface area contributed by atoms with Crippen LogP contribution in [0.3, 0.4) is 0 Å². The van der Waals surface area contributed by atoms with Crippen molar-refractivity contribution in [2.24, 2.45) is 16.7 Å². The van der Waals surface area contributed by atoms with Gasteiger partial charge in [-0.05, 0) is 18.8 Å². The number of alkyl halides is 3. The van der Waals surface area contributed by atoms with Gasteiger partial charge in [-0.15, -0.1) is 0 Å².